The molecule has 0 amide bonds. The molecule has 0 rings (SSSR count). The molecule has 0 aromatic heterocycles. The van der Waals surface area contributed by atoms with Gasteiger partial charge in [0.05, 0.1) is 18.8 Å². The van der Waals surface area contributed by atoms with Gasteiger partial charge < -0.3 is 5.11 Å². The summed E-state index contributed by atoms with van der Waals surface area (Å²) < 4.78 is 70.3. The van der Waals surface area contributed by atoms with Crippen molar-refractivity contribution in [1.29, 1.82) is 0 Å². The fourth-order valence-electron chi connectivity index (χ4n) is 0.794. The summed E-state index contributed by atoms with van der Waals surface area (Å²) in [5, 5.41) is 7.98. The Hall–Kier alpha value is -0.950. The van der Waals surface area contributed by atoms with E-state index in [1.165, 1.54) is 0 Å². The fraction of sp³-hybridized carbons (Fsp3) is 0.833. The standard InChI is InChI=1S/C6H6F6O2/c7-5(8,9)2-3(1-4(13)14)6(10,11)12/h3H,1-2H2,(H,13,14). The van der Waals surface area contributed by atoms with E-state index < -0.39 is 37.1 Å². The van der Waals surface area contributed by atoms with E-state index in [1.807, 2.05) is 0 Å². The molecule has 0 aromatic carbocycles. The average Bonchev–Trinajstić information content (AvgIpc) is 1.78. The second kappa shape index (κ2) is 4.05. The second-order valence-electron chi connectivity index (χ2n) is 2.66. The maximum absolute atomic E-state index is 11.8. The van der Waals surface area contributed by atoms with Gasteiger partial charge in [-0.25, -0.2) is 0 Å². The minimum Gasteiger partial charge on any atom is -0.481 e. The second-order valence-corrected chi connectivity index (χ2v) is 2.66. The van der Waals surface area contributed by atoms with E-state index in [2.05, 4.69) is 0 Å². The molecule has 1 N–H and O–H groups in total. The minimum absolute atomic E-state index is 1.57. The summed E-state index contributed by atoms with van der Waals surface area (Å²) in [4.78, 5) is 9.87. The molecular weight excluding hydrogens is 218 g/mol. The normalized spacial score (nSPS) is 15.3. The highest BCUT2D eigenvalue weighted by Crippen LogP contribution is 2.37. The first-order chi connectivity index (χ1) is 6.02. The molecule has 0 radical (unpaired) electrons. The summed E-state index contributed by atoms with van der Waals surface area (Å²) in [6.07, 6.45) is -13.9. The number of hydrogen-bond acceptors (Lipinski definition) is 1. The Morgan fingerprint density at radius 3 is 1.79 bits per heavy atom. The molecule has 0 heterocycles. The van der Waals surface area contributed by atoms with Crippen LogP contribution in [0.15, 0.2) is 0 Å². The monoisotopic (exact) mass is 224 g/mol. The van der Waals surface area contributed by atoms with Gasteiger partial charge in [-0.1, -0.05) is 0 Å². The Morgan fingerprint density at radius 1 is 1.14 bits per heavy atom. The van der Waals surface area contributed by atoms with E-state index in [-0.39, 0.29) is 0 Å². The first-order valence-corrected chi connectivity index (χ1v) is 3.37. The molecule has 14 heavy (non-hydrogen) atoms. The molecule has 0 fully saturated rings. The molecule has 84 valence electrons. The first kappa shape index (κ1) is 13.0. The summed E-state index contributed by atoms with van der Waals surface area (Å²) in [5.41, 5.74) is 0. The molecule has 0 saturated carbocycles. The number of rotatable bonds is 3. The van der Waals surface area contributed by atoms with E-state index in [0.717, 1.165) is 0 Å². The zero-order valence-electron chi connectivity index (χ0n) is 6.61. The van der Waals surface area contributed by atoms with E-state index >= 15 is 0 Å². The highest BCUT2D eigenvalue weighted by Gasteiger charge is 2.47. The lowest BCUT2D eigenvalue weighted by Gasteiger charge is -2.19. The van der Waals surface area contributed by atoms with Crippen molar-refractivity contribution in [2.75, 3.05) is 0 Å². The summed E-state index contributed by atoms with van der Waals surface area (Å²) in [6, 6.07) is 0. The Kier molecular flexibility index (Phi) is 3.78. The molecule has 2 nitrogen and oxygen atoms in total. The summed E-state index contributed by atoms with van der Waals surface area (Å²) in [6.45, 7) is 0. The van der Waals surface area contributed by atoms with Crippen molar-refractivity contribution in [3.8, 4) is 0 Å². The van der Waals surface area contributed by atoms with Crippen LogP contribution in [0.4, 0.5) is 26.3 Å². The maximum Gasteiger partial charge on any atom is 0.392 e. The van der Waals surface area contributed by atoms with E-state index in [4.69, 9.17) is 5.11 Å². The third-order valence-electron chi connectivity index (χ3n) is 1.36. The first-order valence-electron chi connectivity index (χ1n) is 3.37. The topological polar surface area (TPSA) is 37.3 Å². The lowest BCUT2D eigenvalue weighted by Crippen LogP contribution is -2.30. The molecule has 0 bridgehead atoms. The van der Waals surface area contributed by atoms with E-state index in [1.54, 1.807) is 0 Å². The molecular formula is C6H6F6O2. The van der Waals surface area contributed by atoms with Gasteiger partial charge in [-0.15, -0.1) is 0 Å². The number of alkyl halides is 6. The average molecular weight is 224 g/mol. The summed E-state index contributed by atoms with van der Waals surface area (Å²) >= 11 is 0. The van der Waals surface area contributed by atoms with E-state index in [0.29, 0.717) is 0 Å². The zero-order chi connectivity index (χ0) is 11.6. The lowest BCUT2D eigenvalue weighted by atomic mass is 10.0. The summed E-state index contributed by atoms with van der Waals surface area (Å²) in [7, 11) is 0. The molecule has 0 aliphatic heterocycles. The van der Waals surface area contributed by atoms with Crippen molar-refractivity contribution < 1.29 is 36.2 Å². The van der Waals surface area contributed by atoms with Crippen LogP contribution >= 0.6 is 0 Å². The Labute approximate surface area is 74.5 Å². The van der Waals surface area contributed by atoms with Crippen LogP contribution in [0.2, 0.25) is 0 Å². The molecule has 0 aliphatic carbocycles. The van der Waals surface area contributed by atoms with Crippen LogP contribution in [0, 0.1) is 5.92 Å². The Balaban J connectivity index is 4.50. The van der Waals surface area contributed by atoms with Crippen molar-refractivity contribution in [2.24, 2.45) is 5.92 Å². The van der Waals surface area contributed by atoms with Gasteiger partial charge in [-0.2, -0.15) is 26.3 Å². The Morgan fingerprint density at radius 2 is 1.57 bits per heavy atom. The van der Waals surface area contributed by atoms with Crippen molar-refractivity contribution in [3.05, 3.63) is 0 Å². The largest absolute Gasteiger partial charge is 0.481 e. The van der Waals surface area contributed by atoms with Gasteiger partial charge in [0.1, 0.15) is 0 Å². The Bertz CT molecular complexity index is 205. The van der Waals surface area contributed by atoms with Gasteiger partial charge in [0.15, 0.2) is 0 Å². The van der Waals surface area contributed by atoms with Crippen molar-refractivity contribution in [3.63, 3.8) is 0 Å². The SMILES string of the molecule is O=C(O)CC(CC(F)(F)F)C(F)(F)F. The molecule has 1 unspecified atom stereocenters. The molecule has 0 saturated heterocycles. The molecule has 0 aromatic rings. The van der Waals surface area contributed by atoms with Crippen LogP contribution in [0.1, 0.15) is 12.8 Å². The third kappa shape index (κ3) is 5.65. The van der Waals surface area contributed by atoms with Crippen LogP contribution in [0.3, 0.4) is 0 Å². The lowest BCUT2D eigenvalue weighted by molar-refractivity contribution is -0.221. The number of aliphatic carboxylic acids is 1. The molecule has 0 spiro atoms. The fourth-order valence-corrected chi connectivity index (χ4v) is 0.794. The number of carbonyl (C=O) groups is 1. The van der Waals surface area contributed by atoms with Crippen LogP contribution in [-0.2, 0) is 4.79 Å². The minimum atomic E-state index is -5.14. The number of carboxylic acid groups (broad SMARTS) is 1. The van der Waals surface area contributed by atoms with Crippen molar-refractivity contribution in [2.45, 2.75) is 25.2 Å². The number of carboxylic acids is 1. The van der Waals surface area contributed by atoms with Crippen molar-refractivity contribution in [1.82, 2.24) is 0 Å². The quantitative estimate of drug-likeness (QED) is 0.748. The smallest absolute Gasteiger partial charge is 0.392 e. The van der Waals surface area contributed by atoms with Crippen LogP contribution < -0.4 is 0 Å². The van der Waals surface area contributed by atoms with Gasteiger partial charge in [-0.05, 0) is 0 Å². The van der Waals surface area contributed by atoms with E-state index in [9.17, 15) is 31.1 Å². The molecule has 0 aliphatic rings. The van der Waals surface area contributed by atoms with Crippen LogP contribution in [0.25, 0.3) is 0 Å². The summed E-state index contributed by atoms with van der Waals surface area (Å²) in [5.74, 6) is -4.78. The van der Waals surface area contributed by atoms with Gasteiger partial charge in [0, 0.05) is 0 Å². The number of hydrogen-bond donors (Lipinski definition) is 1. The number of halogens is 6. The van der Waals surface area contributed by atoms with Gasteiger partial charge in [0.25, 0.3) is 0 Å². The van der Waals surface area contributed by atoms with Gasteiger partial charge in [0.2, 0.25) is 0 Å². The third-order valence-corrected chi connectivity index (χ3v) is 1.36. The maximum atomic E-state index is 11.8. The van der Waals surface area contributed by atoms with Crippen LogP contribution in [0.5, 0.6) is 0 Å². The van der Waals surface area contributed by atoms with Gasteiger partial charge in [-0.3, -0.25) is 4.79 Å². The molecule has 8 heteroatoms. The predicted molar refractivity (Wildman–Crippen MR) is 32.5 cm³/mol. The van der Waals surface area contributed by atoms with Gasteiger partial charge >= 0.3 is 18.3 Å². The van der Waals surface area contributed by atoms with Crippen LogP contribution in [-0.4, -0.2) is 23.4 Å². The highest BCUT2D eigenvalue weighted by atomic mass is 19.4. The highest BCUT2D eigenvalue weighted by molar-refractivity contribution is 5.67. The molecule has 1 atom stereocenters. The zero-order valence-corrected chi connectivity index (χ0v) is 6.61. The van der Waals surface area contributed by atoms with Crippen molar-refractivity contribution >= 4 is 5.97 Å². The predicted octanol–water partition coefficient (Wildman–Crippen LogP) is 2.59.